The van der Waals surface area contributed by atoms with Crippen LogP contribution in [0.4, 0.5) is 0 Å². The topological polar surface area (TPSA) is 121 Å². The second-order valence-electron chi connectivity index (χ2n) is 12.6. The van der Waals surface area contributed by atoms with Gasteiger partial charge in [-0.05, 0) is 62.6 Å². The van der Waals surface area contributed by atoms with Crippen molar-refractivity contribution in [1.82, 2.24) is 34.2 Å². The van der Waals surface area contributed by atoms with Gasteiger partial charge in [0, 0.05) is 47.4 Å². The second kappa shape index (κ2) is 10.4. The Bertz CT molecular complexity index is 2140. The molecular weight excluding hydrogens is 570 g/mol. The Morgan fingerprint density at radius 2 is 1.98 bits per heavy atom. The molecular formula is C34H37N7O4. The number of aryl methyl sites for hydroxylation is 2. The van der Waals surface area contributed by atoms with Crippen LogP contribution in [0.5, 0.6) is 11.6 Å². The van der Waals surface area contributed by atoms with Crippen molar-refractivity contribution in [1.29, 1.82) is 0 Å². The molecule has 6 aliphatic rings. The summed E-state index contributed by atoms with van der Waals surface area (Å²) in [4.78, 5) is 35.6. The van der Waals surface area contributed by atoms with Gasteiger partial charge in [0.25, 0.3) is 0 Å². The summed E-state index contributed by atoms with van der Waals surface area (Å²) in [5, 5.41) is 8.49. The minimum absolute atomic E-state index is 0.0663. The number of ether oxygens (including phenoxy) is 2. The number of carbonyl (C=O) groups is 1. The highest BCUT2D eigenvalue weighted by Gasteiger charge is 2.41. The molecule has 45 heavy (non-hydrogen) atoms. The van der Waals surface area contributed by atoms with E-state index in [0.29, 0.717) is 78.1 Å². The molecule has 1 amide bonds. The maximum Gasteiger partial charge on any atom is 0.329 e. The van der Waals surface area contributed by atoms with E-state index in [-0.39, 0.29) is 23.4 Å². The quantitative estimate of drug-likeness (QED) is 0.276. The number of hydrogen-bond acceptors (Lipinski definition) is 6. The van der Waals surface area contributed by atoms with Gasteiger partial charge in [-0.1, -0.05) is 24.3 Å². The smallest absolute Gasteiger partial charge is 0.329 e. The van der Waals surface area contributed by atoms with Crippen molar-refractivity contribution in [3.8, 4) is 34.0 Å². The second-order valence-corrected chi connectivity index (χ2v) is 12.6. The highest BCUT2D eigenvalue weighted by molar-refractivity contribution is 6.14. The summed E-state index contributed by atoms with van der Waals surface area (Å²) in [5.41, 5.74) is 3.09. The van der Waals surface area contributed by atoms with Crippen LogP contribution in [0.1, 0.15) is 55.1 Å². The number of aromatic nitrogens is 6. The van der Waals surface area contributed by atoms with Crippen LogP contribution < -0.4 is 20.5 Å². The van der Waals surface area contributed by atoms with Crippen molar-refractivity contribution < 1.29 is 18.4 Å². The fourth-order valence-corrected chi connectivity index (χ4v) is 7.20. The van der Waals surface area contributed by atoms with Crippen molar-refractivity contribution in [3.05, 3.63) is 59.3 Å². The van der Waals surface area contributed by atoms with E-state index < -0.39 is 18.2 Å². The molecule has 2 saturated carbocycles. The van der Waals surface area contributed by atoms with Crippen LogP contribution in [-0.2, 0) is 18.8 Å². The lowest BCUT2D eigenvalue weighted by atomic mass is 9.76. The zero-order chi connectivity index (χ0) is 33.4. The normalized spacial score (nSPS) is 23.4. The third-order valence-corrected chi connectivity index (χ3v) is 9.69. The summed E-state index contributed by atoms with van der Waals surface area (Å²) >= 11 is 0. The van der Waals surface area contributed by atoms with Crippen molar-refractivity contribution in [2.45, 2.75) is 56.5 Å². The van der Waals surface area contributed by atoms with E-state index in [2.05, 4.69) is 21.5 Å². The number of methoxy groups -OCH3 is 1. The molecule has 5 aromatic rings. The molecule has 0 unspecified atom stereocenters. The van der Waals surface area contributed by atoms with Crippen LogP contribution in [-0.4, -0.2) is 54.0 Å². The monoisotopic (exact) mass is 610 g/mol. The Kier molecular flexibility index (Phi) is 5.66. The Morgan fingerprint density at radius 3 is 2.71 bits per heavy atom. The zero-order valence-electron chi connectivity index (χ0n) is 28.3. The Balaban J connectivity index is 1.41. The Morgan fingerprint density at radius 1 is 1.18 bits per heavy atom. The summed E-state index contributed by atoms with van der Waals surface area (Å²) in [5.74, 6) is 1.24. The number of carbonyl (C=O) groups excluding carboxylic acids is 1. The molecule has 4 aliphatic heterocycles. The molecule has 2 fully saturated rings. The predicted molar refractivity (Wildman–Crippen MR) is 171 cm³/mol. The number of hydrogen-bond donors (Lipinski definition) is 2. The largest absolute Gasteiger partial charge is 0.490 e. The minimum atomic E-state index is -2.74. The number of amides is 1. The van der Waals surface area contributed by atoms with Gasteiger partial charge in [-0.2, -0.15) is 0 Å². The molecule has 2 N–H and O–H groups in total. The van der Waals surface area contributed by atoms with Gasteiger partial charge >= 0.3 is 5.69 Å². The first-order chi connectivity index (χ1) is 23.1. The fraction of sp³-hybridized carbons (Fsp3) is 0.412. The van der Waals surface area contributed by atoms with Crippen LogP contribution in [0.15, 0.2) is 53.6 Å². The lowest BCUT2D eigenvalue weighted by molar-refractivity contribution is -0.124. The third kappa shape index (κ3) is 4.55. The number of H-pyrrole nitrogens is 1. The zero-order valence-corrected chi connectivity index (χ0v) is 25.3. The molecule has 0 radical (unpaired) electrons. The fourth-order valence-electron chi connectivity index (χ4n) is 7.20. The van der Waals surface area contributed by atoms with Gasteiger partial charge in [0.1, 0.15) is 18.0 Å². The first-order valence-corrected chi connectivity index (χ1v) is 15.5. The van der Waals surface area contributed by atoms with Gasteiger partial charge in [-0.15, -0.1) is 5.10 Å². The van der Waals surface area contributed by atoms with Crippen LogP contribution in [0, 0.1) is 5.92 Å². The minimum Gasteiger partial charge on any atom is -0.490 e. The molecule has 11 nitrogen and oxygen atoms in total. The molecule has 0 spiro atoms. The maximum absolute atomic E-state index is 14.4. The van der Waals surface area contributed by atoms with Gasteiger partial charge in [0.2, 0.25) is 11.8 Å². The van der Waals surface area contributed by atoms with Gasteiger partial charge in [0.05, 0.1) is 41.0 Å². The molecule has 11 heteroatoms. The van der Waals surface area contributed by atoms with E-state index in [1.54, 1.807) is 16.4 Å². The Hall–Kier alpha value is -4.80. The molecule has 4 aromatic heterocycles. The summed E-state index contributed by atoms with van der Waals surface area (Å²) in [6, 6.07) is 7.37. The average molecular weight is 611 g/mol. The number of aromatic amines is 1. The van der Waals surface area contributed by atoms with Crippen LogP contribution in [0.2, 0.25) is 0 Å². The third-order valence-electron chi connectivity index (χ3n) is 9.69. The average Bonchev–Trinajstić information content (AvgIpc) is 3.64. The number of rotatable bonds is 4. The van der Waals surface area contributed by atoms with Crippen LogP contribution in [0.25, 0.3) is 44.5 Å². The first kappa shape index (κ1) is 24.5. The predicted octanol–water partition coefficient (Wildman–Crippen LogP) is 5.01. The van der Waals surface area contributed by atoms with Crippen molar-refractivity contribution in [3.63, 3.8) is 0 Å². The number of benzene rings is 1. The van der Waals surface area contributed by atoms with Crippen molar-refractivity contribution in [2.24, 2.45) is 19.9 Å². The molecule has 1 aromatic carbocycles. The first-order valence-electron chi connectivity index (χ1n) is 17.0. The number of pyridine rings is 1. The highest BCUT2D eigenvalue weighted by Crippen LogP contribution is 2.45. The molecule has 0 atom stereocenters. The summed E-state index contributed by atoms with van der Waals surface area (Å²) < 4.78 is 41.1. The highest BCUT2D eigenvalue weighted by atomic mass is 16.5. The van der Waals surface area contributed by atoms with Gasteiger partial charge in [0.15, 0.2) is 0 Å². The lowest BCUT2D eigenvalue weighted by Crippen LogP contribution is -2.51. The maximum atomic E-state index is 14.4. The molecule has 0 saturated heterocycles. The molecule has 232 valence electrons. The molecule has 8 heterocycles. The van der Waals surface area contributed by atoms with E-state index in [4.69, 9.17) is 18.6 Å². The van der Waals surface area contributed by atoms with Crippen molar-refractivity contribution >= 4 is 28.0 Å². The van der Waals surface area contributed by atoms with Crippen LogP contribution >= 0.6 is 0 Å². The van der Waals surface area contributed by atoms with E-state index in [1.807, 2.05) is 43.6 Å². The number of nitrogens with one attached hydrogen (secondary N) is 2. The van der Waals surface area contributed by atoms with E-state index in [9.17, 15) is 9.59 Å². The van der Waals surface area contributed by atoms with E-state index >= 15 is 0 Å². The Labute approximate surface area is 264 Å². The standard InChI is InChI=1S/C34H37N7O4/c1-39-19-24(32(38-39)44-3)28-26-20-8-10-23(11-9-20)45-17-5-4-14-34(37-31(42)21-6-7-21)15-12-22(13-16-34)41-29-25(40(2)33(41)43)18-35-30(36-28)27(26)29/h4-5,8-11,18-19,21-22H,6-7,12-17H2,1-3H3,(H,35,36)(H,37,42)/b5-4+/i2D3. The summed E-state index contributed by atoms with van der Waals surface area (Å²) in [6.07, 6.45) is 12.3. The lowest BCUT2D eigenvalue weighted by Gasteiger charge is -2.41. The number of nitrogens with zero attached hydrogens (tertiary/aromatic N) is 5. The SMILES string of the molecule is [2H]C([2H])([2H])n1c(=O)n2c3c4c(c(-c5cn(C)nc5OC)[nH]c4ncc31)-c1ccc(cc1)OC/C=C/CC1(NC(=O)C3CC3)CCC2CC1. The number of imidazole rings is 1. The van der Waals surface area contributed by atoms with Gasteiger partial charge < -0.3 is 19.8 Å². The summed E-state index contributed by atoms with van der Waals surface area (Å²) in [6.45, 7) is -2.36. The summed E-state index contributed by atoms with van der Waals surface area (Å²) in [7, 11) is 3.37. The van der Waals surface area contributed by atoms with Gasteiger partial charge in [-0.3, -0.25) is 18.6 Å². The molecule has 11 rings (SSSR count). The van der Waals surface area contributed by atoms with Gasteiger partial charge in [-0.25, -0.2) is 9.78 Å². The van der Waals surface area contributed by atoms with E-state index in [1.165, 1.54) is 6.20 Å². The van der Waals surface area contributed by atoms with Crippen LogP contribution in [0.3, 0.4) is 0 Å². The van der Waals surface area contributed by atoms with E-state index in [0.717, 1.165) is 28.5 Å². The molecule has 2 aliphatic carbocycles. The molecule has 4 bridgehead atoms. The van der Waals surface area contributed by atoms with Crippen molar-refractivity contribution in [2.75, 3.05) is 13.7 Å².